The first-order valence-corrected chi connectivity index (χ1v) is 13.5. The standard InChI is InChI=1S/C30H21ClN4O5S/c31-24-15-14-22(18-25(24)35(38)39)32-30(37)29(20-8-3-1-4-9-20)40-27(36)16-13-21-19-34(23-10-5-2-6-11-23)33-28(21)26-12-7-17-41-26/h1-19,29H,(H,32,37)/b16-13+/t29-/m0/s1. The lowest BCUT2D eigenvalue weighted by Crippen LogP contribution is -2.25. The normalized spacial score (nSPS) is 11.7. The van der Waals surface area contributed by atoms with Gasteiger partial charge in [-0.15, -0.1) is 11.3 Å². The molecular weight excluding hydrogens is 564 g/mol. The van der Waals surface area contributed by atoms with Crippen LogP contribution in [0.25, 0.3) is 22.3 Å². The summed E-state index contributed by atoms with van der Waals surface area (Å²) in [5, 5.41) is 20.4. The molecule has 5 rings (SSSR count). The van der Waals surface area contributed by atoms with E-state index in [1.807, 2.05) is 54.0 Å². The highest BCUT2D eigenvalue weighted by atomic mass is 35.5. The predicted molar refractivity (Wildman–Crippen MR) is 158 cm³/mol. The second kappa shape index (κ2) is 12.4. The molecule has 9 nitrogen and oxygen atoms in total. The van der Waals surface area contributed by atoms with Gasteiger partial charge in [-0.3, -0.25) is 14.9 Å². The van der Waals surface area contributed by atoms with Gasteiger partial charge in [0.05, 0.1) is 15.5 Å². The highest BCUT2D eigenvalue weighted by Gasteiger charge is 2.25. The first kappa shape index (κ1) is 27.5. The summed E-state index contributed by atoms with van der Waals surface area (Å²) in [5.74, 6) is -1.45. The van der Waals surface area contributed by atoms with E-state index in [1.165, 1.54) is 29.5 Å². The van der Waals surface area contributed by atoms with Gasteiger partial charge in [-0.05, 0) is 41.8 Å². The Labute approximate surface area is 243 Å². The summed E-state index contributed by atoms with van der Waals surface area (Å²) in [7, 11) is 0. The molecule has 0 spiro atoms. The number of thiophene rings is 1. The first-order chi connectivity index (χ1) is 19.9. The number of benzene rings is 3. The number of nitrogens with one attached hydrogen (secondary N) is 1. The molecule has 0 bridgehead atoms. The van der Waals surface area contributed by atoms with Crippen LogP contribution in [0.2, 0.25) is 5.02 Å². The molecule has 2 heterocycles. The summed E-state index contributed by atoms with van der Waals surface area (Å²) in [4.78, 5) is 37.8. The zero-order valence-electron chi connectivity index (χ0n) is 21.2. The number of anilines is 1. The van der Waals surface area contributed by atoms with Crippen molar-refractivity contribution >= 4 is 52.3 Å². The van der Waals surface area contributed by atoms with Gasteiger partial charge in [0.2, 0.25) is 6.10 Å². The fourth-order valence-corrected chi connectivity index (χ4v) is 4.90. The highest BCUT2D eigenvalue weighted by molar-refractivity contribution is 7.13. The number of nitro groups is 1. The van der Waals surface area contributed by atoms with Gasteiger partial charge in [0.15, 0.2) is 0 Å². The van der Waals surface area contributed by atoms with Crippen LogP contribution in [0.15, 0.2) is 109 Å². The van der Waals surface area contributed by atoms with Crippen molar-refractivity contribution in [3.8, 4) is 16.3 Å². The third-order valence-electron chi connectivity index (χ3n) is 5.90. The minimum atomic E-state index is -1.33. The zero-order valence-corrected chi connectivity index (χ0v) is 22.8. The smallest absolute Gasteiger partial charge is 0.331 e. The maximum absolute atomic E-state index is 13.2. The Morgan fingerprint density at radius 3 is 2.44 bits per heavy atom. The number of hydrogen-bond donors (Lipinski definition) is 1. The van der Waals surface area contributed by atoms with Gasteiger partial charge >= 0.3 is 5.97 Å². The fourth-order valence-electron chi connectivity index (χ4n) is 3.98. The van der Waals surface area contributed by atoms with Crippen LogP contribution in [-0.4, -0.2) is 26.6 Å². The summed E-state index contributed by atoms with van der Waals surface area (Å²) in [6.07, 6.45) is 3.31. The molecule has 0 aliphatic rings. The number of carbonyl (C=O) groups is 2. The van der Waals surface area contributed by atoms with E-state index in [9.17, 15) is 19.7 Å². The van der Waals surface area contributed by atoms with Gasteiger partial charge in [-0.2, -0.15) is 5.10 Å². The third-order valence-corrected chi connectivity index (χ3v) is 7.10. The molecule has 204 valence electrons. The van der Waals surface area contributed by atoms with Crippen molar-refractivity contribution in [1.82, 2.24) is 9.78 Å². The Bertz CT molecular complexity index is 1720. The van der Waals surface area contributed by atoms with Crippen molar-refractivity contribution in [2.45, 2.75) is 6.10 Å². The molecule has 2 aromatic heterocycles. The molecule has 1 atom stereocenters. The molecule has 11 heteroatoms. The molecule has 0 saturated heterocycles. The van der Waals surface area contributed by atoms with E-state index in [-0.39, 0.29) is 16.4 Å². The molecule has 0 fully saturated rings. The van der Waals surface area contributed by atoms with Crippen LogP contribution in [-0.2, 0) is 14.3 Å². The van der Waals surface area contributed by atoms with E-state index in [0.29, 0.717) is 16.8 Å². The molecule has 5 aromatic rings. The number of carbonyl (C=O) groups excluding carboxylic acids is 2. The number of halogens is 1. The number of esters is 1. The maximum Gasteiger partial charge on any atom is 0.331 e. The Kier molecular flexibility index (Phi) is 8.33. The lowest BCUT2D eigenvalue weighted by molar-refractivity contribution is -0.384. The van der Waals surface area contributed by atoms with Crippen LogP contribution in [0.1, 0.15) is 17.2 Å². The van der Waals surface area contributed by atoms with Crippen LogP contribution >= 0.6 is 22.9 Å². The summed E-state index contributed by atoms with van der Waals surface area (Å²) < 4.78 is 7.32. The zero-order chi connectivity index (χ0) is 28.8. The quantitative estimate of drug-likeness (QED) is 0.0855. The summed E-state index contributed by atoms with van der Waals surface area (Å²) in [6.45, 7) is 0. The lowest BCUT2D eigenvalue weighted by Gasteiger charge is -2.17. The van der Waals surface area contributed by atoms with E-state index < -0.39 is 22.9 Å². The first-order valence-electron chi connectivity index (χ1n) is 12.3. The lowest BCUT2D eigenvalue weighted by atomic mass is 10.1. The Hall–Kier alpha value is -5.06. The van der Waals surface area contributed by atoms with Gasteiger partial charge in [-0.1, -0.05) is 66.2 Å². The molecule has 0 radical (unpaired) electrons. The molecule has 0 aliphatic heterocycles. The van der Waals surface area contributed by atoms with Gasteiger partial charge in [0.1, 0.15) is 10.7 Å². The number of para-hydroxylation sites is 1. The third kappa shape index (κ3) is 6.57. The second-order valence-corrected chi connectivity index (χ2v) is 10.0. The van der Waals surface area contributed by atoms with Gasteiger partial charge in [0, 0.05) is 35.2 Å². The Balaban J connectivity index is 1.39. The molecule has 0 aliphatic carbocycles. The number of amides is 1. The van der Waals surface area contributed by atoms with Crippen LogP contribution in [0.4, 0.5) is 11.4 Å². The van der Waals surface area contributed by atoms with Crippen LogP contribution in [0.5, 0.6) is 0 Å². The average molecular weight is 585 g/mol. The molecule has 0 unspecified atom stereocenters. The van der Waals surface area contributed by atoms with Crippen molar-refractivity contribution in [3.05, 3.63) is 135 Å². The monoisotopic (exact) mass is 584 g/mol. The van der Waals surface area contributed by atoms with Gasteiger partial charge in [-0.25, -0.2) is 9.48 Å². The molecular formula is C30H21ClN4O5S. The Morgan fingerprint density at radius 2 is 1.76 bits per heavy atom. The molecule has 41 heavy (non-hydrogen) atoms. The van der Waals surface area contributed by atoms with Crippen LogP contribution in [0, 0.1) is 10.1 Å². The van der Waals surface area contributed by atoms with E-state index >= 15 is 0 Å². The molecule has 1 N–H and O–H groups in total. The largest absolute Gasteiger partial charge is 0.444 e. The van der Waals surface area contributed by atoms with Crippen LogP contribution in [0.3, 0.4) is 0 Å². The SMILES string of the molecule is O=C(/C=C/c1cn(-c2ccccc2)nc1-c1cccs1)O[C@H](C(=O)Nc1ccc(Cl)c([N+](=O)[O-])c1)c1ccccc1. The number of ether oxygens (including phenoxy) is 1. The van der Waals surface area contributed by atoms with Crippen molar-refractivity contribution in [1.29, 1.82) is 0 Å². The number of nitrogens with zero attached hydrogens (tertiary/aromatic N) is 3. The molecule has 3 aromatic carbocycles. The van der Waals surface area contributed by atoms with Crippen molar-refractivity contribution in [2.24, 2.45) is 0 Å². The van der Waals surface area contributed by atoms with E-state index in [4.69, 9.17) is 21.4 Å². The van der Waals surface area contributed by atoms with E-state index in [0.717, 1.165) is 16.6 Å². The van der Waals surface area contributed by atoms with Crippen molar-refractivity contribution in [2.75, 3.05) is 5.32 Å². The number of hydrogen-bond acceptors (Lipinski definition) is 7. The minimum absolute atomic E-state index is 0.0679. The number of rotatable bonds is 9. The van der Waals surface area contributed by atoms with E-state index in [2.05, 4.69) is 5.32 Å². The molecule has 0 saturated carbocycles. The summed E-state index contributed by atoms with van der Waals surface area (Å²) >= 11 is 7.40. The van der Waals surface area contributed by atoms with E-state index in [1.54, 1.807) is 41.1 Å². The number of nitro benzene ring substituents is 1. The second-order valence-electron chi connectivity index (χ2n) is 8.66. The van der Waals surface area contributed by atoms with Crippen molar-refractivity contribution in [3.63, 3.8) is 0 Å². The maximum atomic E-state index is 13.2. The predicted octanol–water partition coefficient (Wildman–Crippen LogP) is 7.10. The number of aromatic nitrogens is 2. The van der Waals surface area contributed by atoms with Crippen LogP contribution < -0.4 is 5.32 Å². The van der Waals surface area contributed by atoms with Gasteiger partial charge < -0.3 is 10.1 Å². The summed E-state index contributed by atoms with van der Waals surface area (Å²) in [6, 6.07) is 25.8. The average Bonchev–Trinajstić information content (AvgIpc) is 3.67. The fraction of sp³-hybridized carbons (Fsp3) is 0.0333. The molecule has 1 amide bonds. The minimum Gasteiger partial charge on any atom is -0.444 e. The highest BCUT2D eigenvalue weighted by Crippen LogP contribution is 2.30. The topological polar surface area (TPSA) is 116 Å². The summed E-state index contributed by atoms with van der Waals surface area (Å²) in [5.41, 5.74) is 2.42. The van der Waals surface area contributed by atoms with Gasteiger partial charge in [0.25, 0.3) is 11.6 Å². The van der Waals surface area contributed by atoms with Crippen molar-refractivity contribution < 1.29 is 19.2 Å². The Morgan fingerprint density at radius 1 is 1.02 bits per heavy atom.